The number of carbonyl (C=O) groups is 1. The largest absolute Gasteiger partial charge is 0.497 e. The van der Waals surface area contributed by atoms with E-state index in [1.165, 1.54) is 0 Å². The van der Waals surface area contributed by atoms with Crippen molar-refractivity contribution in [3.05, 3.63) is 23.8 Å². The number of nitrogens with zero attached hydrogens (tertiary/aromatic N) is 1. The SMILES string of the molecule is COc1ccc(C(C)N2CCC(C(=O)O)CC2)c(OC)c1. The molecule has 1 aliphatic heterocycles. The van der Waals surface area contributed by atoms with Crippen LogP contribution in [-0.4, -0.2) is 43.3 Å². The summed E-state index contributed by atoms with van der Waals surface area (Å²) in [5, 5.41) is 9.07. The number of carboxylic acids is 1. The second-order valence-corrected chi connectivity index (χ2v) is 5.43. The molecule has 0 spiro atoms. The van der Waals surface area contributed by atoms with Crippen molar-refractivity contribution in [3.8, 4) is 11.5 Å². The predicted molar refractivity (Wildman–Crippen MR) is 79.9 cm³/mol. The van der Waals surface area contributed by atoms with Gasteiger partial charge in [0.05, 0.1) is 20.1 Å². The molecule has 1 aromatic rings. The van der Waals surface area contributed by atoms with Gasteiger partial charge in [-0.25, -0.2) is 0 Å². The van der Waals surface area contributed by atoms with Crippen molar-refractivity contribution in [1.29, 1.82) is 0 Å². The van der Waals surface area contributed by atoms with Crippen molar-refractivity contribution in [2.45, 2.75) is 25.8 Å². The summed E-state index contributed by atoms with van der Waals surface area (Å²) in [4.78, 5) is 13.3. The summed E-state index contributed by atoms with van der Waals surface area (Å²) < 4.78 is 10.7. The number of hydrogen-bond donors (Lipinski definition) is 1. The third-order valence-corrected chi connectivity index (χ3v) is 4.32. The van der Waals surface area contributed by atoms with E-state index in [2.05, 4.69) is 11.8 Å². The summed E-state index contributed by atoms with van der Waals surface area (Å²) in [6.45, 7) is 3.73. The van der Waals surface area contributed by atoms with Gasteiger partial charge in [-0.2, -0.15) is 0 Å². The van der Waals surface area contributed by atoms with Gasteiger partial charge < -0.3 is 14.6 Å². The number of carboxylic acid groups (broad SMARTS) is 1. The average Bonchev–Trinajstić information content (AvgIpc) is 2.53. The minimum atomic E-state index is -0.677. The van der Waals surface area contributed by atoms with Gasteiger partial charge >= 0.3 is 5.97 Å². The summed E-state index contributed by atoms with van der Waals surface area (Å²) in [6, 6.07) is 6.03. The van der Waals surface area contributed by atoms with Gasteiger partial charge in [0.1, 0.15) is 11.5 Å². The molecule has 0 radical (unpaired) electrons. The van der Waals surface area contributed by atoms with Crippen molar-refractivity contribution in [1.82, 2.24) is 4.90 Å². The van der Waals surface area contributed by atoms with Crippen LogP contribution in [0.25, 0.3) is 0 Å². The number of benzene rings is 1. The zero-order valence-corrected chi connectivity index (χ0v) is 12.8. The number of piperidine rings is 1. The van der Waals surface area contributed by atoms with Crippen molar-refractivity contribution < 1.29 is 19.4 Å². The summed E-state index contributed by atoms with van der Waals surface area (Å²) in [5.74, 6) is 0.699. The van der Waals surface area contributed by atoms with E-state index in [-0.39, 0.29) is 12.0 Å². The van der Waals surface area contributed by atoms with Crippen LogP contribution in [0.2, 0.25) is 0 Å². The van der Waals surface area contributed by atoms with Gasteiger partial charge in [0.2, 0.25) is 0 Å². The smallest absolute Gasteiger partial charge is 0.306 e. The average molecular weight is 293 g/mol. The highest BCUT2D eigenvalue weighted by Gasteiger charge is 2.28. The lowest BCUT2D eigenvalue weighted by molar-refractivity contribution is -0.143. The topological polar surface area (TPSA) is 59.0 Å². The molecule has 5 heteroatoms. The number of rotatable bonds is 5. The van der Waals surface area contributed by atoms with Gasteiger partial charge in [0.25, 0.3) is 0 Å². The van der Waals surface area contributed by atoms with Crippen molar-refractivity contribution in [3.63, 3.8) is 0 Å². The second-order valence-electron chi connectivity index (χ2n) is 5.43. The normalized spacial score (nSPS) is 18.2. The predicted octanol–water partition coefficient (Wildman–Crippen LogP) is 2.56. The van der Waals surface area contributed by atoms with Gasteiger partial charge in [-0.1, -0.05) is 6.07 Å². The van der Waals surface area contributed by atoms with Crippen LogP contribution in [0.1, 0.15) is 31.4 Å². The Morgan fingerprint density at radius 1 is 1.29 bits per heavy atom. The Bertz CT molecular complexity index is 495. The zero-order chi connectivity index (χ0) is 15.4. The van der Waals surface area contributed by atoms with Gasteiger partial charge in [0, 0.05) is 17.7 Å². The molecule has 21 heavy (non-hydrogen) atoms. The molecule has 1 aliphatic rings. The number of likely N-dealkylation sites (tertiary alicyclic amines) is 1. The Morgan fingerprint density at radius 3 is 2.48 bits per heavy atom. The van der Waals surface area contributed by atoms with E-state index in [0.29, 0.717) is 12.8 Å². The lowest BCUT2D eigenvalue weighted by Gasteiger charge is -2.35. The Balaban J connectivity index is 2.10. The highest BCUT2D eigenvalue weighted by molar-refractivity contribution is 5.70. The molecule has 1 unspecified atom stereocenters. The van der Waals surface area contributed by atoms with Gasteiger partial charge in [-0.15, -0.1) is 0 Å². The van der Waals surface area contributed by atoms with E-state index in [4.69, 9.17) is 14.6 Å². The van der Waals surface area contributed by atoms with E-state index in [1.54, 1.807) is 14.2 Å². The number of aliphatic carboxylic acids is 1. The van der Waals surface area contributed by atoms with E-state index in [0.717, 1.165) is 30.2 Å². The van der Waals surface area contributed by atoms with Crippen LogP contribution in [0.15, 0.2) is 18.2 Å². The van der Waals surface area contributed by atoms with E-state index in [9.17, 15) is 4.79 Å². The molecular weight excluding hydrogens is 270 g/mol. The van der Waals surface area contributed by atoms with Crippen LogP contribution >= 0.6 is 0 Å². The highest BCUT2D eigenvalue weighted by Crippen LogP contribution is 2.34. The van der Waals surface area contributed by atoms with Crippen LogP contribution in [0.3, 0.4) is 0 Å². The molecule has 1 aromatic carbocycles. The number of hydrogen-bond acceptors (Lipinski definition) is 4. The Morgan fingerprint density at radius 2 is 1.95 bits per heavy atom. The van der Waals surface area contributed by atoms with Crippen molar-refractivity contribution in [2.24, 2.45) is 5.92 Å². The first-order valence-corrected chi connectivity index (χ1v) is 7.25. The maximum atomic E-state index is 11.0. The van der Waals surface area contributed by atoms with Gasteiger partial charge in [-0.05, 0) is 38.9 Å². The van der Waals surface area contributed by atoms with E-state index < -0.39 is 5.97 Å². The fourth-order valence-corrected chi connectivity index (χ4v) is 2.89. The first-order chi connectivity index (χ1) is 10.1. The Kier molecular flexibility index (Phi) is 5.07. The summed E-state index contributed by atoms with van der Waals surface area (Å²) in [6.07, 6.45) is 1.41. The second kappa shape index (κ2) is 6.80. The molecule has 0 aliphatic carbocycles. The lowest BCUT2D eigenvalue weighted by atomic mass is 9.94. The van der Waals surface area contributed by atoms with Crippen molar-refractivity contribution in [2.75, 3.05) is 27.3 Å². The van der Waals surface area contributed by atoms with Crippen LogP contribution in [0.5, 0.6) is 11.5 Å². The molecule has 116 valence electrons. The molecule has 1 heterocycles. The lowest BCUT2D eigenvalue weighted by Crippen LogP contribution is -2.37. The first kappa shape index (κ1) is 15.6. The van der Waals surface area contributed by atoms with E-state index >= 15 is 0 Å². The molecule has 0 aromatic heterocycles. The van der Waals surface area contributed by atoms with E-state index in [1.807, 2.05) is 18.2 Å². The standard InChI is InChI=1S/C16H23NO4/c1-11(17-8-6-12(7-9-17)16(18)19)14-5-4-13(20-2)10-15(14)21-3/h4-5,10-12H,6-9H2,1-3H3,(H,18,19). The number of methoxy groups -OCH3 is 2. The molecule has 1 fully saturated rings. The van der Waals surface area contributed by atoms with Gasteiger partial charge in [0.15, 0.2) is 0 Å². The Labute approximate surface area is 125 Å². The highest BCUT2D eigenvalue weighted by atomic mass is 16.5. The van der Waals surface area contributed by atoms with Crippen molar-refractivity contribution >= 4 is 5.97 Å². The Hall–Kier alpha value is -1.75. The molecule has 1 atom stereocenters. The first-order valence-electron chi connectivity index (χ1n) is 7.25. The molecule has 0 amide bonds. The fourth-order valence-electron chi connectivity index (χ4n) is 2.89. The minimum Gasteiger partial charge on any atom is -0.497 e. The number of ether oxygens (including phenoxy) is 2. The zero-order valence-electron chi connectivity index (χ0n) is 12.8. The fraction of sp³-hybridized carbons (Fsp3) is 0.562. The summed E-state index contributed by atoms with van der Waals surface area (Å²) >= 11 is 0. The molecule has 2 rings (SSSR count). The molecule has 1 N–H and O–H groups in total. The molecule has 0 bridgehead atoms. The quantitative estimate of drug-likeness (QED) is 0.904. The van der Waals surface area contributed by atoms with Gasteiger partial charge in [-0.3, -0.25) is 9.69 Å². The van der Waals surface area contributed by atoms with Crippen LogP contribution in [0.4, 0.5) is 0 Å². The van der Waals surface area contributed by atoms with Crippen LogP contribution in [-0.2, 0) is 4.79 Å². The maximum absolute atomic E-state index is 11.0. The summed E-state index contributed by atoms with van der Waals surface area (Å²) in [7, 11) is 3.29. The summed E-state index contributed by atoms with van der Waals surface area (Å²) in [5.41, 5.74) is 1.10. The molecule has 1 saturated heterocycles. The van der Waals surface area contributed by atoms with Crippen LogP contribution < -0.4 is 9.47 Å². The molecule has 0 saturated carbocycles. The third kappa shape index (κ3) is 3.47. The molecular formula is C16H23NO4. The maximum Gasteiger partial charge on any atom is 0.306 e. The third-order valence-electron chi connectivity index (χ3n) is 4.32. The van der Waals surface area contributed by atoms with Crippen LogP contribution in [0, 0.1) is 5.92 Å². The monoisotopic (exact) mass is 293 g/mol. The molecule has 5 nitrogen and oxygen atoms in total. The minimum absolute atomic E-state index is 0.195.